The van der Waals surface area contributed by atoms with E-state index in [1.165, 1.54) is 17.8 Å². The number of nitrogens with zero attached hydrogens (tertiary/aromatic N) is 4. The Morgan fingerprint density at radius 2 is 1.93 bits per heavy atom. The highest BCUT2D eigenvalue weighted by atomic mass is 32.2. The number of halogens is 1. The van der Waals surface area contributed by atoms with Gasteiger partial charge in [-0.2, -0.15) is 0 Å². The van der Waals surface area contributed by atoms with E-state index in [0.717, 1.165) is 38.8 Å². The summed E-state index contributed by atoms with van der Waals surface area (Å²) in [5.74, 6) is 0.0171. The molecule has 2 heterocycles. The summed E-state index contributed by atoms with van der Waals surface area (Å²) in [6, 6.07) is 6.73. The number of nitrogens with one attached hydrogen (secondary N) is 1. The Morgan fingerprint density at radius 1 is 1.18 bits per heavy atom. The lowest BCUT2D eigenvalue weighted by molar-refractivity contribution is -0.131. The fraction of sp³-hybridized carbons (Fsp3) is 0.474. The minimum atomic E-state index is -0.341. The van der Waals surface area contributed by atoms with Crippen LogP contribution in [0.3, 0.4) is 0 Å². The molecule has 2 amide bonds. The maximum atomic E-state index is 14.2. The number of rotatable bonds is 7. The number of benzene rings is 1. The van der Waals surface area contributed by atoms with Gasteiger partial charge in [0.25, 0.3) is 0 Å². The van der Waals surface area contributed by atoms with Gasteiger partial charge in [0.2, 0.25) is 11.8 Å². The van der Waals surface area contributed by atoms with Crippen molar-refractivity contribution in [3.63, 3.8) is 0 Å². The molecule has 0 unspecified atom stereocenters. The van der Waals surface area contributed by atoms with Gasteiger partial charge in [-0.1, -0.05) is 23.9 Å². The summed E-state index contributed by atoms with van der Waals surface area (Å²) in [5, 5.41) is 11.6. The second kappa shape index (κ2) is 8.30. The molecule has 9 heteroatoms. The molecule has 4 rings (SSSR count). The van der Waals surface area contributed by atoms with Gasteiger partial charge in [-0.25, -0.2) is 4.39 Å². The van der Waals surface area contributed by atoms with Gasteiger partial charge < -0.3 is 10.2 Å². The minimum absolute atomic E-state index is 0.0230. The van der Waals surface area contributed by atoms with E-state index in [1.54, 1.807) is 23.1 Å². The zero-order valence-corrected chi connectivity index (χ0v) is 16.3. The summed E-state index contributed by atoms with van der Waals surface area (Å²) in [5.41, 5.74) is 0.411. The van der Waals surface area contributed by atoms with Crippen molar-refractivity contribution in [2.45, 2.75) is 36.9 Å². The Bertz CT molecular complexity index is 877. The summed E-state index contributed by atoms with van der Waals surface area (Å²) in [6.45, 7) is 1.56. The van der Waals surface area contributed by atoms with Crippen molar-refractivity contribution < 1.29 is 14.0 Å². The van der Waals surface area contributed by atoms with Crippen LogP contribution >= 0.6 is 11.8 Å². The lowest BCUT2D eigenvalue weighted by atomic mass is 10.2. The fourth-order valence-corrected chi connectivity index (χ4v) is 4.13. The highest BCUT2D eigenvalue weighted by Gasteiger charge is 2.31. The van der Waals surface area contributed by atoms with Gasteiger partial charge in [-0.05, 0) is 37.8 Å². The van der Waals surface area contributed by atoms with Crippen molar-refractivity contribution in [1.29, 1.82) is 0 Å². The smallest absolute Gasteiger partial charge is 0.241 e. The van der Waals surface area contributed by atoms with Gasteiger partial charge in [0.05, 0.1) is 17.9 Å². The van der Waals surface area contributed by atoms with Crippen LogP contribution < -0.4 is 5.32 Å². The molecule has 0 bridgehead atoms. The standard InChI is InChI=1S/C19H22FN5O2S/c20-15-6-2-1-5-14(15)18-22-23-19(25(18)13-7-8-13)28-12-16(26)21-11-17(27)24-9-3-4-10-24/h1-2,5-6,13H,3-4,7-12H2,(H,21,26). The van der Waals surface area contributed by atoms with Gasteiger partial charge in [-0.3, -0.25) is 14.2 Å². The number of carbonyl (C=O) groups excluding carboxylic acids is 2. The molecule has 1 aliphatic heterocycles. The van der Waals surface area contributed by atoms with Crippen LogP contribution in [0.1, 0.15) is 31.7 Å². The van der Waals surface area contributed by atoms with Crippen molar-refractivity contribution in [2.24, 2.45) is 0 Å². The molecule has 0 atom stereocenters. The average Bonchev–Trinajstić information content (AvgIpc) is 3.21. The number of aromatic nitrogens is 3. The fourth-order valence-electron chi connectivity index (χ4n) is 3.30. The molecular formula is C19H22FN5O2S. The Labute approximate surface area is 166 Å². The van der Waals surface area contributed by atoms with Gasteiger partial charge in [-0.15, -0.1) is 10.2 Å². The first-order chi connectivity index (χ1) is 13.6. The van der Waals surface area contributed by atoms with E-state index in [9.17, 15) is 14.0 Å². The quantitative estimate of drug-likeness (QED) is 0.718. The van der Waals surface area contributed by atoms with Gasteiger partial charge >= 0.3 is 0 Å². The molecule has 0 radical (unpaired) electrons. The van der Waals surface area contributed by atoms with Gasteiger partial charge in [0, 0.05) is 19.1 Å². The summed E-state index contributed by atoms with van der Waals surface area (Å²) in [4.78, 5) is 25.9. The monoisotopic (exact) mass is 403 g/mol. The van der Waals surface area contributed by atoms with Crippen LogP contribution in [0.15, 0.2) is 29.4 Å². The molecule has 1 saturated heterocycles. The predicted molar refractivity (Wildman–Crippen MR) is 103 cm³/mol. The predicted octanol–water partition coefficient (Wildman–Crippen LogP) is 2.25. The topological polar surface area (TPSA) is 80.1 Å². The number of hydrogen-bond donors (Lipinski definition) is 1. The van der Waals surface area contributed by atoms with E-state index in [4.69, 9.17) is 0 Å². The van der Waals surface area contributed by atoms with Crippen molar-refractivity contribution in [1.82, 2.24) is 25.0 Å². The third kappa shape index (κ3) is 4.19. The van der Waals surface area contributed by atoms with Crippen LogP contribution in [0, 0.1) is 5.82 Å². The van der Waals surface area contributed by atoms with E-state index in [0.29, 0.717) is 16.5 Å². The van der Waals surface area contributed by atoms with E-state index in [-0.39, 0.29) is 36.0 Å². The number of thioether (sulfide) groups is 1. The number of likely N-dealkylation sites (tertiary alicyclic amines) is 1. The molecule has 2 aromatic rings. The summed E-state index contributed by atoms with van der Waals surface area (Å²) < 4.78 is 16.1. The lowest BCUT2D eigenvalue weighted by Gasteiger charge is -2.15. The average molecular weight is 403 g/mol. The molecule has 0 spiro atoms. The highest BCUT2D eigenvalue weighted by Crippen LogP contribution is 2.41. The SMILES string of the molecule is O=C(CSc1nnc(-c2ccccc2F)n1C1CC1)NCC(=O)N1CCCC1. The van der Waals surface area contributed by atoms with Crippen LogP contribution in [-0.2, 0) is 9.59 Å². The molecule has 28 heavy (non-hydrogen) atoms. The molecular weight excluding hydrogens is 381 g/mol. The van der Waals surface area contributed by atoms with E-state index >= 15 is 0 Å². The van der Waals surface area contributed by atoms with Crippen LogP contribution in [0.25, 0.3) is 11.4 Å². The van der Waals surface area contributed by atoms with Crippen LogP contribution in [0.5, 0.6) is 0 Å². The summed E-state index contributed by atoms with van der Waals surface area (Å²) in [6.07, 6.45) is 4.03. The largest absolute Gasteiger partial charge is 0.346 e. The Kier molecular flexibility index (Phi) is 5.61. The van der Waals surface area contributed by atoms with Gasteiger partial charge in [0.1, 0.15) is 5.82 Å². The first kappa shape index (κ1) is 18.9. The van der Waals surface area contributed by atoms with Crippen molar-refractivity contribution in [3.05, 3.63) is 30.1 Å². The Morgan fingerprint density at radius 3 is 2.64 bits per heavy atom. The highest BCUT2D eigenvalue weighted by molar-refractivity contribution is 7.99. The molecule has 2 aliphatic rings. The third-order valence-electron chi connectivity index (χ3n) is 4.92. The normalized spacial score (nSPS) is 16.4. The Hall–Kier alpha value is -2.42. The van der Waals surface area contributed by atoms with Crippen LogP contribution in [-0.4, -0.2) is 56.9 Å². The molecule has 1 aromatic heterocycles. The second-order valence-electron chi connectivity index (χ2n) is 7.04. The maximum absolute atomic E-state index is 14.2. The maximum Gasteiger partial charge on any atom is 0.241 e. The zero-order chi connectivity index (χ0) is 19.5. The summed E-state index contributed by atoms with van der Waals surface area (Å²) >= 11 is 1.26. The number of carbonyl (C=O) groups is 2. The molecule has 1 aliphatic carbocycles. The molecule has 7 nitrogen and oxygen atoms in total. The second-order valence-corrected chi connectivity index (χ2v) is 7.98. The van der Waals surface area contributed by atoms with Gasteiger partial charge in [0.15, 0.2) is 11.0 Å². The molecule has 1 saturated carbocycles. The number of hydrogen-bond acceptors (Lipinski definition) is 5. The first-order valence-corrected chi connectivity index (χ1v) is 10.5. The lowest BCUT2D eigenvalue weighted by Crippen LogP contribution is -2.39. The third-order valence-corrected chi connectivity index (χ3v) is 5.86. The van der Waals surface area contributed by atoms with Crippen molar-refractivity contribution in [2.75, 3.05) is 25.4 Å². The molecule has 148 valence electrons. The summed E-state index contributed by atoms with van der Waals surface area (Å²) in [7, 11) is 0. The molecule has 1 aromatic carbocycles. The van der Waals surface area contributed by atoms with E-state index in [1.807, 2.05) is 4.57 Å². The van der Waals surface area contributed by atoms with Crippen molar-refractivity contribution in [3.8, 4) is 11.4 Å². The molecule has 2 fully saturated rings. The first-order valence-electron chi connectivity index (χ1n) is 9.50. The zero-order valence-electron chi connectivity index (χ0n) is 15.4. The van der Waals surface area contributed by atoms with E-state index < -0.39 is 0 Å². The molecule has 1 N–H and O–H groups in total. The number of amides is 2. The van der Waals surface area contributed by atoms with Crippen LogP contribution in [0.4, 0.5) is 4.39 Å². The van der Waals surface area contributed by atoms with Crippen molar-refractivity contribution >= 4 is 23.6 Å². The van der Waals surface area contributed by atoms with E-state index in [2.05, 4.69) is 15.5 Å². The Balaban J connectivity index is 1.38. The van der Waals surface area contributed by atoms with Crippen LogP contribution in [0.2, 0.25) is 0 Å². The minimum Gasteiger partial charge on any atom is -0.346 e.